The quantitative estimate of drug-likeness (QED) is 0.289. The van der Waals surface area contributed by atoms with Crippen LogP contribution >= 0.6 is 0 Å². The number of nitrogens with zero attached hydrogens (tertiary/aromatic N) is 1. The molecule has 0 rings (SSSR count). The highest BCUT2D eigenvalue weighted by molar-refractivity contribution is 5.67. The molecule has 0 saturated carbocycles. The lowest BCUT2D eigenvalue weighted by atomic mass is 10.0. The Morgan fingerprint density at radius 1 is 0.857 bits per heavy atom. The van der Waals surface area contributed by atoms with E-state index in [1.54, 1.807) is 0 Å². The summed E-state index contributed by atoms with van der Waals surface area (Å²) >= 11 is 0. The van der Waals surface area contributed by atoms with Crippen LogP contribution in [0.4, 0.5) is 0 Å². The molecule has 0 fully saturated rings. The maximum absolute atomic E-state index is 10.6. The van der Waals surface area contributed by atoms with Crippen molar-refractivity contribution < 1.29 is 24.7 Å². The van der Waals surface area contributed by atoms with Gasteiger partial charge in [-0.1, -0.05) is 38.5 Å². The average molecular weight is 303 g/mol. The first-order chi connectivity index (χ1) is 9.93. The highest BCUT2D eigenvalue weighted by Gasteiger charge is 2.22. The first-order valence-corrected chi connectivity index (χ1v) is 7.50. The van der Waals surface area contributed by atoms with Crippen molar-refractivity contribution in [3.63, 3.8) is 0 Å². The molecule has 2 N–H and O–H groups in total. The molecule has 21 heavy (non-hydrogen) atoms. The predicted molar refractivity (Wildman–Crippen MR) is 76.8 cm³/mol. The monoisotopic (exact) mass is 303 g/mol. The van der Waals surface area contributed by atoms with Crippen LogP contribution in [0, 0.1) is 10.1 Å². The first-order valence-electron chi connectivity index (χ1n) is 7.50. The Morgan fingerprint density at radius 2 is 1.33 bits per heavy atom. The van der Waals surface area contributed by atoms with Crippen molar-refractivity contribution in [3.8, 4) is 0 Å². The molecule has 0 radical (unpaired) electrons. The van der Waals surface area contributed by atoms with E-state index in [9.17, 15) is 19.7 Å². The largest absolute Gasteiger partial charge is 0.481 e. The van der Waals surface area contributed by atoms with Crippen LogP contribution < -0.4 is 0 Å². The lowest BCUT2D eigenvalue weighted by Gasteiger charge is -2.06. The van der Waals surface area contributed by atoms with E-state index in [4.69, 9.17) is 10.2 Å². The maximum Gasteiger partial charge on any atom is 0.310 e. The highest BCUT2D eigenvalue weighted by atomic mass is 16.6. The van der Waals surface area contributed by atoms with Crippen molar-refractivity contribution in [2.24, 2.45) is 0 Å². The summed E-state index contributed by atoms with van der Waals surface area (Å²) < 4.78 is 0. The second-order valence-electron chi connectivity index (χ2n) is 5.30. The summed E-state index contributed by atoms with van der Waals surface area (Å²) in [6, 6.07) is -0.974. The van der Waals surface area contributed by atoms with Gasteiger partial charge in [-0.2, -0.15) is 0 Å². The van der Waals surface area contributed by atoms with Gasteiger partial charge in [0.2, 0.25) is 6.04 Å². The van der Waals surface area contributed by atoms with Crippen molar-refractivity contribution in [1.82, 2.24) is 0 Å². The van der Waals surface area contributed by atoms with Crippen LogP contribution in [0.1, 0.15) is 70.6 Å². The number of unbranched alkanes of at least 4 members (excludes halogenated alkanes) is 7. The molecule has 0 spiro atoms. The number of carbonyl (C=O) groups is 2. The first kappa shape index (κ1) is 19.3. The minimum Gasteiger partial charge on any atom is -0.481 e. The molecule has 0 aromatic rings. The molecule has 0 aromatic carbocycles. The fourth-order valence-electron chi connectivity index (χ4n) is 2.20. The lowest BCUT2D eigenvalue weighted by molar-refractivity contribution is -0.522. The van der Waals surface area contributed by atoms with Gasteiger partial charge in [0, 0.05) is 17.8 Å². The van der Waals surface area contributed by atoms with E-state index >= 15 is 0 Å². The summed E-state index contributed by atoms with van der Waals surface area (Å²) in [5.74, 6) is -1.88. The molecule has 0 aromatic heterocycles. The minimum atomic E-state index is -1.13. The van der Waals surface area contributed by atoms with Crippen LogP contribution in [-0.2, 0) is 9.59 Å². The molecule has 7 heteroatoms. The van der Waals surface area contributed by atoms with Gasteiger partial charge in [-0.25, -0.2) is 0 Å². The fourth-order valence-corrected chi connectivity index (χ4v) is 2.20. The van der Waals surface area contributed by atoms with E-state index < -0.39 is 29.3 Å². The van der Waals surface area contributed by atoms with Gasteiger partial charge in [0.1, 0.15) is 6.42 Å². The molecule has 0 aliphatic rings. The standard InChI is InChI=1S/C14H25NO6/c16-13(17)10-8-6-4-2-1-3-5-7-9-12(15(20)21)11-14(18)19/h12H,1-11H2,(H,16,17)(H,18,19). The van der Waals surface area contributed by atoms with Gasteiger partial charge in [-0.15, -0.1) is 0 Å². The zero-order valence-electron chi connectivity index (χ0n) is 12.3. The van der Waals surface area contributed by atoms with Gasteiger partial charge >= 0.3 is 11.9 Å². The molecule has 7 nitrogen and oxygen atoms in total. The zero-order valence-corrected chi connectivity index (χ0v) is 12.3. The third-order valence-electron chi connectivity index (χ3n) is 3.39. The Hall–Kier alpha value is -1.66. The number of aliphatic carboxylic acids is 2. The normalized spacial score (nSPS) is 12.0. The van der Waals surface area contributed by atoms with Crippen LogP contribution in [0.3, 0.4) is 0 Å². The van der Waals surface area contributed by atoms with Crippen molar-refractivity contribution in [1.29, 1.82) is 0 Å². The number of carboxylic acids is 2. The molecular weight excluding hydrogens is 278 g/mol. The number of nitro groups is 1. The lowest BCUT2D eigenvalue weighted by Crippen LogP contribution is -2.22. The molecule has 1 atom stereocenters. The molecule has 122 valence electrons. The number of rotatable bonds is 14. The van der Waals surface area contributed by atoms with Gasteiger partial charge in [0.15, 0.2) is 0 Å². The summed E-state index contributed by atoms with van der Waals surface area (Å²) in [7, 11) is 0. The third kappa shape index (κ3) is 13.1. The second-order valence-corrected chi connectivity index (χ2v) is 5.30. The Bertz CT molecular complexity index is 331. The van der Waals surface area contributed by atoms with Crippen molar-refractivity contribution in [3.05, 3.63) is 10.1 Å². The molecule has 0 amide bonds. The average Bonchev–Trinajstić information content (AvgIpc) is 2.38. The van der Waals surface area contributed by atoms with E-state index in [2.05, 4.69) is 0 Å². The summed E-state index contributed by atoms with van der Waals surface area (Å²) in [6.07, 6.45) is 7.42. The van der Waals surface area contributed by atoms with Crippen molar-refractivity contribution in [2.75, 3.05) is 0 Å². The van der Waals surface area contributed by atoms with Crippen LogP contribution in [0.15, 0.2) is 0 Å². The van der Waals surface area contributed by atoms with Gasteiger partial charge < -0.3 is 10.2 Å². The smallest absolute Gasteiger partial charge is 0.310 e. The SMILES string of the molecule is O=C(O)CCCCCCCCCCC(CC(=O)O)[N+](=O)[O-]. The topological polar surface area (TPSA) is 118 Å². The molecule has 0 heterocycles. The summed E-state index contributed by atoms with van der Waals surface area (Å²) in [6.45, 7) is 0. The summed E-state index contributed by atoms with van der Waals surface area (Å²) in [4.78, 5) is 30.9. The van der Waals surface area contributed by atoms with Gasteiger partial charge in [0.05, 0.1) is 0 Å². The van der Waals surface area contributed by atoms with E-state index in [-0.39, 0.29) is 6.42 Å². The van der Waals surface area contributed by atoms with Crippen LogP contribution in [0.25, 0.3) is 0 Å². The second kappa shape index (κ2) is 12.1. The van der Waals surface area contributed by atoms with Crippen LogP contribution in [-0.4, -0.2) is 33.1 Å². The minimum absolute atomic E-state index is 0.228. The fraction of sp³-hybridized carbons (Fsp3) is 0.857. The summed E-state index contributed by atoms with van der Waals surface area (Å²) in [5.41, 5.74) is 0. The molecular formula is C14H25NO6. The van der Waals surface area contributed by atoms with Crippen molar-refractivity contribution >= 4 is 11.9 Å². The van der Waals surface area contributed by atoms with E-state index in [1.807, 2.05) is 0 Å². The molecule has 1 unspecified atom stereocenters. The predicted octanol–water partition coefficient (Wildman–Crippen LogP) is 3.09. The van der Waals surface area contributed by atoms with Gasteiger partial charge in [-0.05, 0) is 12.8 Å². The van der Waals surface area contributed by atoms with Gasteiger partial charge in [0.25, 0.3) is 0 Å². The third-order valence-corrected chi connectivity index (χ3v) is 3.39. The Kier molecular flexibility index (Phi) is 11.2. The number of hydrogen-bond acceptors (Lipinski definition) is 4. The summed E-state index contributed by atoms with van der Waals surface area (Å²) in [5, 5.41) is 27.7. The van der Waals surface area contributed by atoms with E-state index in [0.717, 1.165) is 44.9 Å². The Balaban J connectivity index is 3.43. The number of carboxylic acid groups (broad SMARTS) is 2. The van der Waals surface area contributed by atoms with E-state index in [0.29, 0.717) is 12.8 Å². The number of hydrogen-bond donors (Lipinski definition) is 2. The van der Waals surface area contributed by atoms with E-state index in [1.165, 1.54) is 0 Å². The molecule has 0 bridgehead atoms. The van der Waals surface area contributed by atoms with Gasteiger partial charge in [-0.3, -0.25) is 19.7 Å². The maximum atomic E-state index is 10.6. The van der Waals surface area contributed by atoms with Crippen molar-refractivity contribution in [2.45, 2.75) is 76.7 Å². The Morgan fingerprint density at radius 3 is 1.76 bits per heavy atom. The highest BCUT2D eigenvalue weighted by Crippen LogP contribution is 2.13. The van der Waals surface area contributed by atoms with Crippen LogP contribution in [0.5, 0.6) is 0 Å². The Labute approximate surface area is 124 Å². The zero-order chi connectivity index (χ0) is 16.1. The molecule has 0 saturated heterocycles. The molecule has 0 aliphatic carbocycles. The van der Waals surface area contributed by atoms with Crippen LogP contribution in [0.2, 0.25) is 0 Å². The molecule has 0 aliphatic heterocycles.